The van der Waals surface area contributed by atoms with Crippen LogP contribution in [0.3, 0.4) is 0 Å². The average Bonchev–Trinajstić information content (AvgIpc) is 3.40. The van der Waals surface area contributed by atoms with Gasteiger partial charge in [0.15, 0.2) is 6.10 Å². The molecule has 10 heteroatoms. The molecule has 2 saturated heterocycles. The molecular formula is C25H30N4O5S. The molecule has 5 rings (SSSR count). The molecule has 3 heterocycles. The number of nitrogens with one attached hydrogen (secondary N) is 2. The van der Waals surface area contributed by atoms with Crippen molar-refractivity contribution in [2.75, 3.05) is 41.7 Å². The highest BCUT2D eigenvalue weighted by atomic mass is 32.2. The Balaban J connectivity index is 1.46. The van der Waals surface area contributed by atoms with Crippen LogP contribution in [-0.2, 0) is 14.8 Å². The first-order chi connectivity index (χ1) is 16.8. The fraction of sp³-hybridized carbons (Fsp3) is 0.440. The Morgan fingerprint density at radius 2 is 1.71 bits per heavy atom. The van der Waals surface area contributed by atoms with Crippen LogP contribution >= 0.6 is 0 Å². The monoisotopic (exact) mass is 498 g/mol. The minimum absolute atomic E-state index is 0.132. The van der Waals surface area contributed by atoms with Crippen molar-refractivity contribution in [3.8, 4) is 5.75 Å². The van der Waals surface area contributed by atoms with Crippen molar-refractivity contribution < 1.29 is 22.7 Å². The zero-order chi connectivity index (χ0) is 24.6. The Morgan fingerprint density at radius 1 is 1.00 bits per heavy atom. The van der Waals surface area contributed by atoms with Gasteiger partial charge in [-0.25, -0.2) is 8.42 Å². The summed E-state index contributed by atoms with van der Waals surface area (Å²) in [6.45, 7) is 4.30. The fourth-order valence-electron chi connectivity index (χ4n) is 4.83. The van der Waals surface area contributed by atoms with Gasteiger partial charge in [0.25, 0.3) is 11.8 Å². The minimum Gasteiger partial charge on any atom is -0.479 e. The van der Waals surface area contributed by atoms with Gasteiger partial charge in [0, 0.05) is 37.6 Å². The lowest BCUT2D eigenvalue weighted by atomic mass is 10.1. The number of anilines is 3. The maximum absolute atomic E-state index is 13.5. The Kier molecular flexibility index (Phi) is 6.41. The molecule has 3 aliphatic rings. The average molecular weight is 499 g/mol. The highest BCUT2D eigenvalue weighted by Gasteiger charge is 2.29. The first-order valence-electron chi connectivity index (χ1n) is 12.1. The van der Waals surface area contributed by atoms with Crippen LogP contribution in [-0.4, -0.2) is 56.8 Å². The summed E-state index contributed by atoms with van der Waals surface area (Å²) in [5, 5.41) is 5.65. The Bertz CT molecular complexity index is 1250. The Labute approximate surface area is 205 Å². The summed E-state index contributed by atoms with van der Waals surface area (Å²) < 4.78 is 33.7. The number of hydrogen-bond acceptors (Lipinski definition) is 6. The maximum Gasteiger partial charge on any atom is 0.265 e. The summed E-state index contributed by atoms with van der Waals surface area (Å²) in [6, 6.07) is 9.89. The van der Waals surface area contributed by atoms with Crippen LogP contribution in [0.15, 0.2) is 41.3 Å². The van der Waals surface area contributed by atoms with Gasteiger partial charge in [-0.1, -0.05) is 6.42 Å². The third kappa shape index (κ3) is 4.72. The minimum atomic E-state index is -3.68. The zero-order valence-corrected chi connectivity index (χ0v) is 20.6. The number of ether oxygens (including phenoxy) is 1. The van der Waals surface area contributed by atoms with Crippen LogP contribution in [0.1, 0.15) is 49.4 Å². The van der Waals surface area contributed by atoms with Crippen molar-refractivity contribution in [2.24, 2.45) is 0 Å². The van der Waals surface area contributed by atoms with Crippen LogP contribution in [0.2, 0.25) is 0 Å². The number of nitrogens with zero attached hydrogens (tertiary/aromatic N) is 2. The smallest absolute Gasteiger partial charge is 0.265 e. The standard InChI is InChI=1S/C25H30N4O5S/c1-17-24(30)27-21-15-18(7-10-23(21)34-17)26-25(31)20-16-19(8-9-22(20)28-11-5-6-12-28)35(32,33)29-13-3-2-4-14-29/h7-10,15-17H,2-6,11-14H2,1H3,(H,26,31)(H,27,30)/t17-/m0/s1. The van der Waals surface area contributed by atoms with Gasteiger partial charge in [-0.2, -0.15) is 4.31 Å². The van der Waals surface area contributed by atoms with Gasteiger partial charge in [0.05, 0.1) is 16.1 Å². The topological polar surface area (TPSA) is 108 Å². The number of carbonyl (C=O) groups excluding carboxylic acids is 2. The molecule has 0 aromatic heterocycles. The zero-order valence-electron chi connectivity index (χ0n) is 19.7. The molecular weight excluding hydrogens is 468 g/mol. The molecule has 0 spiro atoms. The quantitative estimate of drug-likeness (QED) is 0.654. The first-order valence-corrected chi connectivity index (χ1v) is 13.6. The number of piperidine rings is 1. The van der Waals surface area contributed by atoms with E-state index in [-0.39, 0.29) is 10.8 Å². The van der Waals surface area contributed by atoms with Gasteiger partial charge in [0.2, 0.25) is 10.0 Å². The molecule has 1 atom stereocenters. The molecule has 9 nitrogen and oxygen atoms in total. The van der Waals surface area contributed by atoms with E-state index in [9.17, 15) is 18.0 Å². The second kappa shape index (κ2) is 9.50. The molecule has 35 heavy (non-hydrogen) atoms. The molecule has 186 valence electrons. The molecule has 0 saturated carbocycles. The van der Waals surface area contributed by atoms with Crippen molar-refractivity contribution in [2.45, 2.75) is 50.0 Å². The van der Waals surface area contributed by atoms with Crippen molar-refractivity contribution in [3.63, 3.8) is 0 Å². The van der Waals surface area contributed by atoms with Crippen molar-refractivity contribution in [3.05, 3.63) is 42.0 Å². The van der Waals surface area contributed by atoms with Gasteiger partial charge < -0.3 is 20.3 Å². The number of benzene rings is 2. The largest absolute Gasteiger partial charge is 0.479 e. The molecule has 3 aliphatic heterocycles. The van der Waals surface area contributed by atoms with Crippen LogP contribution in [0.4, 0.5) is 17.1 Å². The highest BCUT2D eigenvalue weighted by Crippen LogP contribution is 2.34. The van der Waals surface area contributed by atoms with Gasteiger partial charge in [-0.15, -0.1) is 0 Å². The Hall–Kier alpha value is -3.11. The molecule has 0 radical (unpaired) electrons. The van der Waals surface area contributed by atoms with E-state index in [2.05, 4.69) is 15.5 Å². The molecule has 0 unspecified atom stereocenters. The first kappa shape index (κ1) is 23.6. The van der Waals surface area contributed by atoms with E-state index in [1.165, 1.54) is 10.4 Å². The molecule has 0 bridgehead atoms. The van der Waals surface area contributed by atoms with Crippen molar-refractivity contribution in [1.82, 2.24) is 4.31 Å². The lowest BCUT2D eigenvalue weighted by molar-refractivity contribution is -0.122. The van der Waals surface area contributed by atoms with E-state index >= 15 is 0 Å². The van der Waals surface area contributed by atoms with Gasteiger partial charge >= 0.3 is 0 Å². The van der Waals surface area contributed by atoms with E-state index in [4.69, 9.17) is 4.74 Å². The lowest BCUT2D eigenvalue weighted by Gasteiger charge is -2.27. The van der Waals surface area contributed by atoms with E-state index < -0.39 is 22.0 Å². The van der Waals surface area contributed by atoms with Crippen LogP contribution in [0.5, 0.6) is 5.75 Å². The molecule has 2 aromatic carbocycles. The van der Waals surface area contributed by atoms with E-state index in [0.717, 1.165) is 50.9 Å². The third-order valence-electron chi connectivity index (χ3n) is 6.78. The number of sulfonamides is 1. The van der Waals surface area contributed by atoms with Crippen molar-refractivity contribution in [1.29, 1.82) is 0 Å². The number of carbonyl (C=O) groups is 2. The molecule has 2 fully saturated rings. The summed E-state index contributed by atoms with van der Waals surface area (Å²) >= 11 is 0. The molecule has 0 aliphatic carbocycles. The van der Waals surface area contributed by atoms with E-state index in [0.29, 0.717) is 35.8 Å². The highest BCUT2D eigenvalue weighted by molar-refractivity contribution is 7.89. The second-order valence-electron chi connectivity index (χ2n) is 9.25. The Morgan fingerprint density at radius 3 is 2.46 bits per heavy atom. The summed E-state index contributed by atoms with van der Waals surface area (Å²) in [5.74, 6) is -0.130. The normalized spacial score (nSPS) is 20.7. The third-order valence-corrected chi connectivity index (χ3v) is 8.68. The van der Waals surface area contributed by atoms with Gasteiger partial charge in [-0.3, -0.25) is 9.59 Å². The SMILES string of the molecule is C[C@@H]1Oc2ccc(NC(=O)c3cc(S(=O)(=O)N4CCCCC4)ccc3N3CCCC3)cc2NC1=O. The van der Waals surface area contributed by atoms with Crippen LogP contribution in [0, 0.1) is 0 Å². The van der Waals surface area contributed by atoms with Gasteiger partial charge in [-0.05, 0) is 69.0 Å². The predicted octanol–water partition coefficient (Wildman–Crippen LogP) is 3.43. The fourth-order valence-corrected chi connectivity index (χ4v) is 6.37. The van der Waals surface area contributed by atoms with Crippen LogP contribution in [0.25, 0.3) is 0 Å². The number of fused-ring (bicyclic) bond motifs is 1. The van der Waals surface area contributed by atoms with Gasteiger partial charge in [0.1, 0.15) is 5.75 Å². The molecule has 2 amide bonds. The molecule has 2 N–H and O–H groups in total. The lowest BCUT2D eigenvalue weighted by Crippen LogP contribution is -2.35. The maximum atomic E-state index is 13.5. The molecule has 2 aromatic rings. The number of hydrogen-bond donors (Lipinski definition) is 2. The summed E-state index contributed by atoms with van der Waals surface area (Å²) in [6.07, 6.45) is 4.18. The summed E-state index contributed by atoms with van der Waals surface area (Å²) in [4.78, 5) is 27.7. The van der Waals surface area contributed by atoms with E-state index in [1.54, 1.807) is 37.3 Å². The summed E-state index contributed by atoms with van der Waals surface area (Å²) in [5.41, 5.74) is 1.99. The second-order valence-corrected chi connectivity index (χ2v) is 11.2. The summed E-state index contributed by atoms with van der Waals surface area (Å²) in [7, 11) is -3.68. The van der Waals surface area contributed by atoms with E-state index in [1.807, 2.05) is 0 Å². The van der Waals surface area contributed by atoms with Crippen molar-refractivity contribution >= 4 is 38.9 Å². The number of rotatable bonds is 5. The number of amides is 2. The van der Waals surface area contributed by atoms with Crippen LogP contribution < -0.4 is 20.3 Å². The predicted molar refractivity (Wildman–Crippen MR) is 134 cm³/mol.